The van der Waals surface area contributed by atoms with Crippen LogP contribution in [0.4, 0.5) is 4.39 Å². The minimum absolute atomic E-state index is 0.142. The maximum Gasteiger partial charge on any atom is 0.132 e. The van der Waals surface area contributed by atoms with Crippen molar-refractivity contribution in [1.29, 1.82) is 0 Å². The maximum absolute atomic E-state index is 14.6. The Morgan fingerprint density at radius 3 is 2.39 bits per heavy atom. The zero-order chi connectivity index (χ0) is 16.2. The lowest BCUT2D eigenvalue weighted by Gasteiger charge is -2.28. The van der Waals surface area contributed by atoms with E-state index in [2.05, 4.69) is 24.9 Å². The van der Waals surface area contributed by atoms with Crippen molar-refractivity contribution < 1.29 is 4.39 Å². The fourth-order valence-corrected chi connectivity index (χ4v) is 3.69. The first-order chi connectivity index (χ1) is 11.2. The van der Waals surface area contributed by atoms with Crippen LogP contribution in [0.2, 0.25) is 0 Å². The highest BCUT2D eigenvalue weighted by atomic mass is 19.1. The number of hydrogen-bond donors (Lipinski definition) is 0. The highest BCUT2D eigenvalue weighted by Crippen LogP contribution is 2.38. The van der Waals surface area contributed by atoms with Gasteiger partial charge in [-0.2, -0.15) is 0 Å². The van der Waals surface area contributed by atoms with E-state index in [-0.39, 0.29) is 5.82 Å². The van der Waals surface area contributed by atoms with Gasteiger partial charge in [0, 0.05) is 11.8 Å². The second-order valence-electron chi connectivity index (χ2n) is 6.77. The molecule has 0 amide bonds. The maximum atomic E-state index is 14.6. The van der Waals surface area contributed by atoms with Gasteiger partial charge < -0.3 is 0 Å². The van der Waals surface area contributed by atoms with Crippen molar-refractivity contribution >= 4 is 0 Å². The van der Waals surface area contributed by atoms with Crippen LogP contribution in [0.25, 0.3) is 11.3 Å². The van der Waals surface area contributed by atoms with E-state index in [9.17, 15) is 4.39 Å². The van der Waals surface area contributed by atoms with E-state index in [0.717, 1.165) is 23.6 Å². The van der Waals surface area contributed by atoms with Gasteiger partial charge >= 0.3 is 0 Å². The van der Waals surface area contributed by atoms with Crippen LogP contribution in [0.1, 0.15) is 63.0 Å². The lowest BCUT2D eigenvalue weighted by molar-refractivity contribution is 0.318. The molecule has 1 aliphatic rings. The first kappa shape index (κ1) is 16.2. The summed E-state index contributed by atoms with van der Waals surface area (Å²) in [5, 5.41) is 0. The van der Waals surface area contributed by atoms with Crippen LogP contribution < -0.4 is 0 Å². The quantitative estimate of drug-likeness (QED) is 0.661. The second-order valence-corrected chi connectivity index (χ2v) is 6.77. The molecule has 122 valence electrons. The highest BCUT2D eigenvalue weighted by molar-refractivity contribution is 5.60. The van der Waals surface area contributed by atoms with Crippen molar-refractivity contribution in [2.24, 2.45) is 5.92 Å². The zero-order valence-corrected chi connectivity index (χ0v) is 14.2. The predicted molar refractivity (Wildman–Crippen MR) is 94.0 cm³/mol. The standard InChI is InChI=1S/C21H26FN/c1-3-15-5-8-17(9-6-15)18-10-11-19(20(22)13-18)21-12-7-16(4-2)14-23-21/h7,10-15,17H,3-6,8-9H2,1-2H3. The zero-order valence-electron chi connectivity index (χ0n) is 14.2. The molecule has 0 atom stereocenters. The number of hydrogen-bond acceptors (Lipinski definition) is 1. The van der Waals surface area contributed by atoms with Gasteiger partial charge in [-0.15, -0.1) is 0 Å². The monoisotopic (exact) mass is 311 g/mol. The summed E-state index contributed by atoms with van der Waals surface area (Å²) in [6.07, 6.45) is 9.03. The van der Waals surface area contributed by atoms with Crippen molar-refractivity contribution in [3.05, 3.63) is 53.5 Å². The normalized spacial score (nSPS) is 21.3. The Bertz CT molecular complexity index is 639. The summed E-state index contributed by atoms with van der Waals surface area (Å²) in [7, 11) is 0. The minimum Gasteiger partial charge on any atom is -0.256 e. The van der Waals surface area contributed by atoms with Gasteiger partial charge in [-0.05, 0) is 73.3 Å². The predicted octanol–water partition coefficient (Wildman–Crippen LogP) is 6.13. The average Bonchev–Trinajstić information content (AvgIpc) is 2.62. The lowest BCUT2D eigenvalue weighted by Crippen LogP contribution is -2.12. The molecule has 0 bridgehead atoms. The van der Waals surface area contributed by atoms with E-state index < -0.39 is 0 Å². The summed E-state index contributed by atoms with van der Waals surface area (Å²) in [5.74, 6) is 1.25. The van der Waals surface area contributed by atoms with Gasteiger partial charge in [0.25, 0.3) is 0 Å². The molecule has 1 heterocycles. The number of nitrogens with zero attached hydrogens (tertiary/aromatic N) is 1. The smallest absolute Gasteiger partial charge is 0.132 e. The Morgan fingerprint density at radius 2 is 1.83 bits per heavy atom. The summed E-state index contributed by atoms with van der Waals surface area (Å²) < 4.78 is 14.6. The van der Waals surface area contributed by atoms with Crippen molar-refractivity contribution in [1.82, 2.24) is 4.98 Å². The molecule has 3 rings (SSSR count). The molecule has 1 aliphatic carbocycles. The third-order valence-corrected chi connectivity index (χ3v) is 5.40. The van der Waals surface area contributed by atoms with Crippen LogP contribution in [0.3, 0.4) is 0 Å². The third-order valence-electron chi connectivity index (χ3n) is 5.40. The first-order valence-electron chi connectivity index (χ1n) is 8.96. The van der Waals surface area contributed by atoms with Crippen molar-refractivity contribution in [3.8, 4) is 11.3 Å². The van der Waals surface area contributed by atoms with E-state index in [0.29, 0.717) is 11.5 Å². The van der Waals surface area contributed by atoms with E-state index in [4.69, 9.17) is 0 Å². The molecule has 1 nitrogen and oxygen atoms in total. The molecule has 1 saturated carbocycles. The van der Waals surface area contributed by atoms with E-state index in [1.54, 1.807) is 6.07 Å². The second kappa shape index (κ2) is 7.25. The molecule has 0 radical (unpaired) electrons. The summed E-state index contributed by atoms with van der Waals surface area (Å²) in [4.78, 5) is 4.40. The van der Waals surface area contributed by atoms with Gasteiger partial charge in [0.1, 0.15) is 5.82 Å². The summed E-state index contributed by atoms with van der Waals surface area (Å²) in [5.41, 5.74) is 3.67. The fraction of sp³-hybridized carbons (Fsp3) is 0.476. The molecule has 23 heavy (non-hydrogen) atoms. The molecule has 0 N–H and O–H groups in total. The molecular weight excluding hydrogens is 285 g/mol. The van der Waals surface area contributed by atoms with E-state index in [1.165, 1.54) is 37.7 Å². The fourth-order valence-electron chi connectivity index (χ4n) is 3.69. The Labute approximate surface area is 139 Å². The van der Waals surface area contributed by atoms with Gasteiger partial charge in [-0.3, -0.25) is 4.98 Å². The number of pyridine rings is 1. The number of rotatable bonds is 4. The largest absolute Gasteiger partial charge is 0.256 e. The van der Waals surface area contributed by atoms with Crippen molar-refractivity contribution in [3.63, 3.8) is 0 Å². The molecule has 2 heteroatoms. The Balaban J connectivity index is 1.77. The minimum atomic E-state index is -0.142. The number of aromatic nitrogens is 1. The van der Waals surface area contributed by atoms with Crippen molar-refractivity contribution in [2.45, 2.75) is 58.3 Å². The van der Waals surface area contributed by atoms with Crippen LogP contribution in [0, 0.1) is 11.7 Å². The first-order valence-corrected chi connectivity index (χ1v) is 8.96. The molecule has 1 fully saturated rings. The molecule has 0 aliphatic heterocycles. The van der Waals surface area contributed by atoms with Crippen LogP contribution >= 0.6 is 0 Å². The molecule has 2 aromatic rings. The lowest BCUT2D eigenvalue weighted by atomic mass is 9.77. The third kappa shape index (κ3) is 3.63. The summed E-state index contributed by atoms with van der Waals surface area (Å²) >= 11 is 0. The molecule has 0 saturated heterocycles. The van der Waals surface area contributed by atoms with Crippen molar-refractivity contribution in [2.75, 3.05) is 0 Å². The number of aryl methyl sites for hydroxylation is 1. The van der Waals surface area contributed by atoms with E-state index in [1.807, 2.05) is 24.4 Å². The molecule has 1 aromatic carbocycles. The van der Waals surface area contributed by atoms with Gasteiger partial charge in [0.05, 0.1) is 5.69 Å². The average molecular weight is 311 g/mol. The summed E-state index contributed by atoms with van der Waals surface area (Å²) in [6.45, 7) is 4.37. The molecule has 0 unspecified atom stereocenters. The van der Waals surface area contributed by atoms with Crippen LogP contribution in [0.15, 0.2) is 36.5 Å². The number of benzene rings is 1. The van der Waals surface area contributed by atoms with E-state index >= 15 is 0 Å². The van der Waals surface area contributed by atoms with Crippen LogP contribution in [-0.2, 0) is 6.42 Å². The SMILES string of the molecule is CCc1ccc(-c2ccc(C3CCC(CC)CC3)cc2F)nc1. The van der Waals surface area contributed by atoms with Gasteiger partial charge in [-0.25, -0.2) is 4.39 Å². The van der Waals surface area contributed by atoms with Crippen LogP contribution in [-0.4, -0.2) is 4.98 Å². The summed E-state index contributed by atoms with van der Waals surface area (Å²) in [6, 6.07) is 9.70. The highest BCUT2D eigenvalue weighted by Gasteiger charge is 2.22. The van der Waals surface area contributed by atoms with Crippen LogP contribution in [0.5, 0.6) is 0 Å². The van der Waals surface area contributed by atoms with Gasteiger partial charge in [0.15, 0.2) is 0 Å². The topological polar surface area (TPSA) is 12.9 Å². The Kier molecular flexibility index (Phi) is 5.09. The molecule has 0 spiro atoms. The molecule has 1 aromatic heterocycles. The number of halogens is 1. The molecular formula is C21H26FN. The Hall–Kier alpha value is -1.70. The van der Waals surface area contributed by atoms with Gasteiger partial charge in [0.2, 0.25) is 0 Å². The van der Waals surface area contributed by atoms with Gasteiger partial charge in [-0.1, -0.05) is 32.4 Å². The Morgan fingerprint density at radius 1 is 1.04 bits per heavy atom.